The molecule has 31 heavy (non-hydrogen) atoms. The van der Waals surface area contributed by atoms with E-state index in [1.165, 1.54) is 33.5 Å². The third kappa shape index (κ3) is 3.38. The van der Waals surface area contributed by atoms with Crippen LogP contribution in [-0.4, -0.2) is 49.8 Å². The second-order valence-corrected chi connectivity index (χ2v) is 9.91. The van der Waals surface area contributed by atoms with Crippen molar-refractivity contribution < 1.29 is 26.0 Å². The number of nitrogens with one attached hydrogen (secondary N) is 1. The van der Waals surface area contributed by atoms with Gasteiger partial charge in [-0.3, -0.25) is 0 Å². The summed E-state index contributed by atoms with van der Waals surface area (Å²) in [5.41, 5.74) is 1.01. The molecule has 2 fully saturated rings. The molecule has 10 heteroatoms. The molecular weight excluding hydrogens is 434 g/mol. The third-order valence-electron chi connectivity index (χ3n) is 5.91. The molecule has 0 aliphatic carbocycles. The fourth-order valence-corrected chi connectivity index (χ4v) is 5.61. The maximum absolute atomic E-state index is 14.2. The van der Waals surface area contributed by atoms with Crippen LogP contribution in [0.25, 0.3) is 22.2 Å². The fourth-order valence-electron chi connectivity index (χ4n) is 4.07. The Morgan fingerprint density at radius 2 is 1.77 bits per heavy atom. The van der Waals surface area contributed by atoms with E-state index in [1.54, 1.807) is 6.07 Å². The monoisotopic (exact) mass is 453 g/mol. The van der Waals surface area contributed by atoms with Crippen LogP contribution >= 0.6 is 0 Å². The summed E-state index contributed by atoms with van der Waals surface area (Å²) in [5.74, 6) is -4.92. The zero-order valence-corrected chi connectivity index (χ0v) is 17.2. The Balaban J connectivity index is 1.67. The summed E-state index contributed by atoms with van der Waals surface area (Å²) < 4.78 is 82.7. The van der Waals surface area contributed by atoms with Gasteiger partial charge in [-0.15, -0.1) is 0 Å². The molecule has 0 amide bonds. The van der Waals surface area contributed by atoms with Gasteiger partial charge in [-0.2, -0.15) is 4.31 Å². The molecular formula is C21H19F4N3O2S. The average molecular weight is 453 g/mol. The predicted octanol–water partition coefficient (Wildman–Crippen LogP) is 4.35. The maximum Gasteiger partial charge on any atom is 0.266 e. The van der Waals surface area contributed by atoms with Crippen molar-refractivity contribution in [1.82, 2.24) is 9.29 Å². The van der Waals surface area contributed by atoms with Gasteiger partial charge < -0.3 is 9.88 Å². The van der Waals surface area contributed by atoms with E-state index in [0.717, 1.165) is 12.5 Å². The highest BCUT2D eigenvalue weighted by atomic mass is 32.2. The molecule has 5 nitrogen and oxygen atoms in total. The van der Waals surface area contributed by atoms with E-state index in [-0.39, 0.29) is 23.4 Å². The van der Waals surface area contributed by atoms with E-state index >= 15 is 0 Å². The number of nitrogens with zero attached hydrogens (tertiary/aromatic N) is 2. The van der Waals surface area contributed by atoms with Crippen LogP contribution in [0.3, 0.4) is 0 Å². The largest absolute Gasteiger partial charge is 0.365 e. The number of aromatic nitrogens is 1. The highest BCUT2D eigenvalue weighted by Gasteiger charge is 2.39. The topological polar surface area (TPSA) is 56.4 Å². The van der Waals surface area contributed by atoms with E-state index in [2.05, 4.69) is 4.98 Å². The van der Waals surface area contributed by atoms with Crippen LogP contribution in [0, 0.1) is 11.6 Å². The summed E-state index contributed by atoms with van der Waals surface area (Å²) >= 11 is 0. The van der Waals surface area contributed by atoms with Crippen molar-refractivity contribution in [3.8, 4) is 11.3 Å². The van der Waals surface area contributed by atoms with Crippen LogP contribution in [-0.2, 0) is 10.0 Å². The molecule has 164 valence electrons. The van der Waals surface area contributed by atoms with Crippen LogP contribution in [0.5, 0.6) is 0 Å². The number of hydrogen-bond donors (Lipinski definition) is 1. The Morgan fingerprint density at radius 1 is 1.00 bits per heavy atom. The number of alkyl halides is 2. The molecule has 0 spiro atoms. The van der Waals surface area contributed by atoms with Crippen LogP contribution in [0.2, 0.25) is 0 Å². The Morgan fingerprint density at radius 3 is 2.42 bits per heavy atom. The summed E-state index contributed by atoms with van der Waals surface area (Å²) in [5, 5.41) is 0.391. The number of benzene rings is 2. The molecule has 0 unspecified atom stereocenters. The number of fused-ring (bicyclic) bond motifs is 1. The van der Waals surface area contributed by atoms with Crippen molar-refractivity contribution in [3.05, 3.63) is 48.0 Å². The molecule has 0 atom stereocenters. The van der Waals surface area contributed by atoms with Crippen molar-refractivity contribution >= 4 is 26.6 Å². The van der Waals surface area contributed by atoms with Gasteiger partial charge in [0.2, 0.25) is 10.0 Å². The number of rotatable bonds is 4. The van der Waals surface area contributed by atoms with Crippen LogP contribution < -0.4 is 4.90 Å². The first-order chi connectivity index (χ1) is 14.7. The minimum Gasteiger partial charge on any atom is -0.365 e. The van der Waals surface area contributed by atoms with Crippen molar-refractivity contribution in [1.29, 1.82) is 0 Å². The van der Waals surface area contributed by atoms with Crippen LogP contribution in [0.15, 0.2) is 41.3 Å². The zero-order valence-electron chi connectivity index (χ0n) is 16.3. The van der Waals surface area contributed by atoms with E-state index < -0.39 is 34.1 Å². The quantitative estimate of drug-likeness (QED) is 0.598. The summed E-state index contributed by atoms with van der Waals surface area (Å²) in [6, 6.07) is 8.29. The molecule has 2 aromatic carbocycles. The van der Waals surface area contributed by atoms with Gasteiger partial charge in [-0.25, -0.2) is 26.0 Å². The van der Waals surface area contributed by atoms with Crippen LogP contribution in [0.1, 0.15) is 12.8 Å². The average Bonchev–Trinajstić information content (AvgIpc) is 3.26. The summed E-state index contributed by atoms with van der Waals surface area (Å²) in [6.45, 7) is 0.451. The Labute approximate surface area is 176 Å². The summed E-state index contributed by atoms with van der Waals surface area (Å²) in [7, 11) is -3.72. The standard InChI is InChI=1S/C21H19F4N3O2S/c22-16-4-2-13-10-17(26-20(13)19(16)23)15-11-14(31(29,30)28-7-1-8-28)3-5-18(15)27-9-6-21(24,25)12-27/h2-5,10-11,26H,1,6-9,12H2. The Hall–Kier alpha value is -2.59. The normalized spacial score (nSPS) is 19.2. The molecule has 0 saturated carbocycles. The molecule has 3 aromatic rings. The molecule has 1 N–H and O–H groups in total. The minimum absolute atomic E-state index is 0.0298. The number of sulfonamides is 1. The SMILES string of the molecule is O=S(=O)(c1ccc(N2CCC(F)(F)C2)c(-c2cc3ccc(F)c(F)c3[nH]2)c1)N1CCC1. The lowest BCUT2D eigenvalue weighted by Gasteiger charge is -2.30. The smallest absolute Gasteiger partial charge is 0.266 e. The van der Waals surface area contributed by atoms with Gasteiger partial charge >= 0.3 is 0 Å². The number of hydrogen-bond acceptors (Lipinski definition) is 3. The molecule has 3 heterocycles. The first kappa shape index (κ1) is 20.3. The first-order valence-corrected chi connectivity index (χ1v) is 11.3. The van der Waals surface area contributed by atoms with Crippen molar-refractivity contribution in [2.45, 2.75) is 23.7 Å². The minimum atomic E-state index is -3.72. The zero-order chi connectivity index (χ0) is 22.0. The van der Waals surface area contributed by atoms with Crippen molar-refractivity contribution in [3.63, 3.8) is 0 Å². The highest BCUT2D eigenvalue weighted by Crippen LogP contribution is 2.39. The second-order valence-electron chi connectivity index (χ2n) is 7.97. The van der Waals surface area contributed by atoms with Crippen molar-refractivity contribution in [2.24, 2.45) is 0 Å². The molecule has 2 aliphatic rings. The van der Waals surface area contributed by atoms with Gasteiger partial charge in [-0.1, -0.05) is 0 Å². The van der Waals surface area contributed by atoms with Crippen LogP contribution in [0.4, 0.5) is 23.2 Å². The summed E-state index contributed by atoms with van der Waals surface area (Å²) in [4.78, 5) is 4.32. The first-order valence-electron chi connectivity index (χ1n) is 9.90. The van der Waals surface area contributed by atoms with Gasteiger partial charge in [-0.05, 0) is 42.8 Å². The maximum atomic E-state index is 14.2. The van der Waals surface area contributed by atoms with Gasteiger partial charge in [0.05, 0.1) is 17.0 Å². The number of halogens is 4. The van der Waals surface area contributed by atoms with Crippen molar-refractivity contribution in [2.75, 3.05) is 31.1 Å². The molecule has 0 bridgehead atoms. The Bertz CT molecular complexity index is 1290. The van der Waals surface area contributed by atoms with E-state index in [1.807, 2.05) is 0 Å². The Kier molecular flexibility index (Phi) is 4.56. The van der Waals surface area contributed by atoms with Gasteiger partial charge in [0.25, 0.3) is 5.92 Å². The predicted molar refractivity (Wildman–Crippen MR) is 109 cm³/mol. The van der Waals surface area contributed by atoms with Gasteiger partial charge in [0.15, 0.2) is 11.6 Å². The molecule has 1 aromatic heterocycles. The third-order valence-corrected chi connectivity index (χ3v) is 7.80. The van der Waals surface area contributed by atoms with Gasteiger partial charge in [0.1, 0.15) is 0 Å². The van der Waals surface area contributed by atoms with E-state index in [4.69, 9.17) is 0 Å². The number of anilines is 1. The number of H-pyrrole nitrogens is 1. The van der Waals surface area contributed by atoms with E-state index in [0.29, 0.717) is 35.4 Å². The summed E-state index contributed by atoms with van der Waals surface area (Å²) in [6.07, 6.45) is 0.465. The second kappa shape index (κ2) is 6.96. The molecule has 2 aliphatic heterocycles. The lowest BCUT2D eigenvalue weighted by Crippen LogP contribution is -2.41. The molecule has 0 radical (unpaired) electrons. The fraction of sp³-hybridized carbons (Fsp3) is 0.333. The lowest BCUT2D eigenvalue weighted by atomic mass is 10.1. The molecule has 2 saturated heterocycles. The number of aromatic amines is 1. The van der Waals surface area contributed by atoms with Gasteiger partial charge in [0, 0.05) is 48.4 Å². The highest BCUT2D eigenvalue weighted by molar-refractivity contribution is 7.89. The van der Waals surface area contributed by atoms with E-state index in [9.17, 15) is 26.0 Å². The lowest BCUT2D eigenvalue weighted by molar-refractivity contribution is 0.0257. The molecule has 5 rings (SSSR count).